The minimum absolute atomic E-state index is 0.0346. The van der Waals surface area contributed by atoms with Gasteiger partial charge in [-0.05, 0) is 44.9 Å². The number of benzene rings is 1. The van der Waals surface area contributed by atoms with Gasteiger partial charge in [-0.25, -0.2) is 4.79 Å². The minimum Gasteiger partial charge on any atom is -0.324 e. The first-order valence-corrected chi connectivity index (χ1v) is 7.88. The highest BCUT2D eigenvalue weighted by atomic mass is 16.2. The molecule has 0 radical (unpaired) electrons. The predicted octanol–water partition coefficient (Wildman–Crippen LogP) is 4.14. The molecule has 0 saturated heterocycles. The number of unbranched alkanes of at least 4 members (excludes halogenated alkanes) is 2. The van der Waals surface area contributed by atoms with E-state index < -0.39 is 0 Å². The topological polar surface area (TPSA) is 58.4 Å². The van der Waals surface area contributed by atoms with Gasteiger partial charge in [-0.3, -0.25) is 0 Å². The van der Waals surface area contributed by atoms with E-state index in [1.165, 1.54) is 0 Å². The zero-order valence-electron chi connectivity index (χ0n) is 13.7. The number of rotatable bonds is 7. The molecule has 2 amide bonds. The van der Waals surface area contributed by atoms with Gasteiger partial charge in [-0.2, -0.15) is 0 Å². The van der Waals surface area contributed by atoms with Crippen LogP contribution in [0.3, 0.4) is 0 Å². The van der Waals surface area contributed by atoms with Crippen LogP contribution in [0.2, 0.25) is 0 Å². The molecule has 0 bridgehead atoms. The van der Waals surface area contributed by atoms with Gasteiger partial charge in [0.1, 0.15) is 0 Å². The van der Waals surface area contributed by atoms with E-state index >= 15 is 0 Å². The molecule has 0 aromatic heterocycles. The molecule has 4 nitrogen and oxygen atoms in total. The van der Waals surface area contributed by atoms with Crippen LogP contribution in [-0.4, -0.2) is 23.5 Å². The van der Waals surface area contributed by atoms with Crippen molar-refractivity contribution in [2.24, 2.45) is 5.73 Å². The van der Waals surface area contributed by atoms with Crippen molar-refractivity contribution in [3.05, 3.63) is 29.8 Å². The van der Waals surface area contributed by atoms with Crippen LogP contribution in [0.5, 0.6) is 0 Å². The van der Waals surface area contributed by atoms with Crippen LogP contribution in [0.25, 0.3) is 0 Å². The van der Waals surface area contributed by atoms with Gasteiger partial charge in [0.05, 0.1) is 0 Å². The zero-order valence-corrected chi connectivity index (χ0v) is 13.7. The van der Waals surface area contributed by atoms with E-state index in [2.05, 4.69) is 12.2 Å². The second-order valence-corrected chi connectivity index (χ2v) is 5.84. The number of nitrogens with two attached hydrogens (primary N) is 1. The monoisotopic (exact) mass is 291 g/mol. The first kappa shape index (κ1) is 17.5. The first-order chi connectivity index (χ1) is 9.95. The summed E-state index contributed by atoms with van der Waals surface area (Å²) >= 11 is 0. The van der Waals surface area contributed by atoms with Gasteiger partial charge in [0.15, 0.2) is 0 Å². The summed E-state index contributed by atoms with van der Waals surface area (Å²) in [7, 11) is 0. The van der Waals surface area contributed by atoms with E-state index in [0.29, 0.717) is 0 Å². The quantitative estimate of drug-likeness (QED) is 0.742. The molecule has 1 atom stereocenters. The zero-order chi connectivity index (χ0) is 15.8. The third-order valence-corrected chi connectivity index (χ3v) is 3.55. The number of hydrogen-bond donors (Lipinski definition) is 2. The second-order valence-electron chi connectivity index (χ2n) is 5.84. The maximum Gasteiger partial charge on any atom is 0.322 e. The molecule has 0 aliphatic rings. The average molecular weight is 291 g/mol. The summed E-state index contributed by atoms with van der Waals surface area (Å²) < 4.78 is 0. The van der Waals surface area contributed by atoms with Crippen molar-refractivity contribution in [2.75, 3.05) is 11.9 Å². The van der Waals surface area contributed by atoms with E-state index in [0.717, 1.165) is 37.1 Å². The summed E-state index contributed by atoms with van der Waals surface area (Å²) in [5.41, 5.74) is 7.70. The lowest BCUT2D eigenvalue weighted by atomic mass is 10.1. The summed E-state index contributed by atoms with van der Waals surface area (Å²) in [6.07, 6.45) is 3.35. The number of carbonyl (C=O) groups is 1. The number of carbonyl (C=O) groups excluding carboxylic acids is 1. The molecule has 1 aromatic carbocycles. The molecule has 0 aliphatic heterocycles. The Hall–Kier alpha value is -1.55. The van der Waals surface area contributed by atoms with E-state index in [9.17, 15) is 4.79 Å². The van der Waals surface area contributed by atoms with Gasteiger partial charge in [-0.1, -0.05) is 31.9 Å². The largest absolute Gasteiger partial charge is 0.324 e. The van der Waals surface area contributed by atoms with Gasteiger partial charge in [0.2, 0.25) is 0 Å². The lowest BCUT2D eigenvalue weighted by Gasteiger charge is -2.27. The number of hydrogen-bond acceptors (Lipinski definition) is 2. The van der Waals surface area contributed by atoms with E-state index in [1.807, 2.05) is 49.9 Å². The summed E-state index contributed by atoms with van der Waals surface area (Å²) in [6.45, 7) is 8.99. The molecule has 118 valence electrons. The van der Waals surface area contributed by atoms with Crippen LogP contribution < -0.4 is 11.1 Å². The van der Waals surface area contributed by atoms with E-state index in [4.69, 9.17) is 5.73 Å². The third kappa shape index (κ3) is 5.76. The molecule has 0 spiro atoms. The number of urea groups is 1. The normalized spacial score (nSPS) is 12.3. The smallest absolute Gasteiger partial charge is 0.322 e. The lowest BCUT2D eigenvalue weighted by Crippen LogP contribution is -2.40. The van der Waals surface area contributed by atoms with Crippen molar-refractivity contribution in [1.29, 1.82) is 0 Å². The van der Waals surface area contributed by atoms with Gasteiger partial charge in [0, 0.05) is 24.3 Å². The van der Waals surface area contributed by atoms with Crippen LogP contribution >= 0.6 is 0 Å². The Labute approximate surface area is 128 Å². The Balaban J connectivity index is 2.70. The van der Waals surface area contributed by atoms with Crippen molar-refractivity contribution in [2.45, 2.75) is 59.0 Å². The fourth-order valence-corrected chi connectivity index (χ4v) is 2.22. The number of amides is 2. The Morgan fingerprint density at radius 2 is 2.00 bits per heavy atom. The van der Waals surface area contributed by atoms with Crippen molar-refractivity contribution in [1.82, 2.24) is 4.90 Å². The number of nitrogens with one attached hydrogen (secondary N) is 1. The molecule has 0 saturated carbocycles. The molecule has 0 heterocycles. The molecule has 21 heavy (non-hydrogen) atoms. The summed E-state index contributed by atoms with van der Waals surface area (Å²) in [5.74, 6) is 0. The molecule has 1 unspecified atom stereocenters. The van der Waals surface area contributed by atoms with Crippen LogP contribution in [0.1, 0.15) is 58.6 Å². The Morgan fingerprint density at radius 3 is 2.57 bits per heavy atom. The maximum absolute atomic E-state index is 12.4. The highest BCUT2D eigenvalue weighted by Crippen LogP contribution is 2.16. The first-order valence-electron chi connectivity index (χ1n) is 7.88. The minimum atomic E-state index is -0.0390. The van der Waals surface area contributed by atoms with Crippen LogP contribution in [0.4, 0.5) is 10.5 Å². The number of nitrogens with zero attached hydrogens (tertiary/aromatic N) is 1. The molecule has 1 aromatic rings. The fraction of sp³-hybridized carbons (Fsp3) is 0.588. The standard InChI is InChI=1S/C17H29N3O/c1-5-6-7-11-20(13(2)3)17(21)19-16-10-8-9-15(12-16)14(4)18/h8-10,12-14H,5-7,11,18H2,1-4H3,(H,19,21). The lowest BCUT2D eigenvalue weighted by molar-refractivity contribution is 0.195. The maximum atomic E-state index is 12.4. The predicted molar refractivity (Wildman–Crippen MR) is 89.4 cm³/mol. The molecule has 0 aliphatic carbocycles. The SMILES string of the molecule is CCCCCN(C(=O)Nc1cccc(C(C)N)c1)C(C)C. The van der Waals surface area contributed by atoms with Gasteiger partial charge >= 0.3 is 6.03 Å². The Morgan fingerprint density at radius 1 is 1.29 bits per heavy atom. The van der Waals surface area contributed by atoms with Crippen LogP contribution in [-0.2, 0) is 0 Å². The van der Waals surface area contributed by atoms with Crippen LogP contribution in [0, 0.1) is 0 Å². The summed E-state index contributed by atoms with van der Waals surface area (Å²) in [6, 6.07) is 7.85. The molecular formula is C17H29N3O. The van der Waals surface area contributed by atoms with Crippen molar-refractivity contribution in [3.63, 3.8) is 0 Å². The molecular weight excluding hydrogens is 262 g/mol. The van der Waals surface area contributed by atoms with Gasteiger partial charge in [0.25, 0.3) is 0 Å². The van der Waals surface area contributed by atoms with E-state index in [1.54, 1.807) is 0 Å². The van der Waals surface area contributed by atoms with Gasteiger partial charge < -0.3 is 16.0 Å². The summed E-state index contributed by atoms with van der Waals surface area (Å²) in [5, 5.41) is 2.98. The third-order valence-electron chi connectivity index (χ3n) is 3.55. The Bertz CT molecular complexity index is 443. The van der Waals surface area contributed by atoms with Crippen molar-refractivity contribution in [3.8, 4) is 0 Å². The molecule has 1 rings (SSSR count). The highest BCUT2D eigenvalue weighted by Gasteiger charge is 2.16. The van der Waals surface area contributed by atoms with E-state index in [-0.39, 0.29) is 18.1 Å². The molecule has 3 N–H and O–H groups in total. The highest BCUT2D eigenvalue weighted by molar-refractivity contribution is 5.89. The summed E-state index contributed by atoms with van der Waals surface area (Å²) in [4.78, 5) is 14.3. The fourth-order valence-electron chi connectivity index (χ4n) is 2.22. The Kier molecular flexibility index (Phi) is 7.23. The molecule has 4 heteroatoms. The number of anilines is 1. The van der Waals surface area contributed by atoms with Crippen molar-refractivity contribution < 1.29 is 4.79 Å². The molecule has 0 fully saturated rings. The average Bonchev–Trinajstić information content (AvgIpc) is 2.43. The van der Waals surface area contributed by atoms with Crippen molar-refractivity contribution >= 4 is 11.7 Å². The second kappa shape index (κ2) is 8.67. The van der Waals surface area contributed by atoms with Crippen LogP contribution in [0.15, 0.2) is 24.3 Å². The van der Waals surface area contributed by atoms with Gasteiger partial charge in [-0.15, -0.1) is 0 Å².